The first-order valence-corrected chi connectivity index (χ1v) is 7.20. The zero-order chi connectivity index (χ0) is 17.5. The molecule has 24 heavy (non-hydrogen) atoms. The van der Waals surface area contributed by atoms with E-state index in [1.807, 2.05) is 0 Å². The van der Waals surface area contributed by atoms with Gasteiger partial charge in [0.05, 0.1) is 13.0 Å². The summed E-state index contributed by atoms with van der Waals surface area (Å²) >= 11 is 0. The molecule has 1 aliphatic carbocycles. The Balaban J connectivity index is 2.07. The number of aliphatic hydroxyl groups is 1. The van der Waals surface area contributed by atoms with Gasteiger partial charge in [-0.3, -0.25) is 4.79 Å². The second-order valence-electron chi connectivity index (χ2n) is 5.53. The van der Waals surface area contributed by atoms with Crippen LogP contribution in [-0.4, -0.2) is 23.8 Å². The minimum atomic E-state index is -4.89. The van der Waals surface area contributed by atoms with Crippen molar-refractivity contribution in [1.82, 2.24) is 0 Å². The van der Waals surface area contributed by atoms with Crippen molar-refractivity contribution in [3.63, 3.8) is 0 Å². The third kappa shape index (κ3) is 2.41. The number of fused-ring (bicyclic) bond motifs is 3. The molecule has 0 aromatic heterocycles. The van der Waals surface area contributed by atoms with Crippen LogP contribution in [0.15, 0.2) is 42.5 Å². The molecule has 1 amide bonds. The lowest BCUT2D eigenvalue weighted by atomic mass is 9.91. The van der Waals surface area contributed by atoms with Crippen LogP contribution in [0.4, 0.5) is 13.2 Å². The first-order chi connectivity index (χ1) is 11.2. The molecule has 1 unspecified atom stereocenters. The Kier molecular flexibility index (Phi) is 3.76. The summed E-state index contributed by atoms with van der Waals surface area (Å²) in [6.45, 7) is -0.0501. The number of hydrogen-bond donors (Lipinski definition) is 2. The Morgan fingerprint density at radius 1 is 1.12 bits per heavy atom. The Bertz CT molecular complexity index is 804. The quantitative estimate of drug-likeness (QED) is 0.901. The average molecular weight is 337 g/mol. The van der Waals surface area contributed by atoms with Gasteiger partial charge < -0.3 is 15.6 Å². The van der Waals surface area contributed by atoms with E-state index in [9.17, 15) is 23.1 Å². The second kappa shape index (κ2) is 5.52. The molecule has 7 heteroatoms. The third-order valence-electron chi connectivity index (χ3n) is 4.02. The van der Waals surface area contributed by atoms with Crippen molar-refractivity contribution in [3.05, 3.63) is 53.6 Å². The summed E-state index contributed by atoms with van der Waals surface area (Å²) in [5, 5.41) is 10.5. The molecule has 1 aliphatic rings. The summed E-state index contributed by atoms with van der Waals surface area (Å²) in [4.78, 5) is 10.7. The molecule has 0 fully saturated rings. The largest absolute Gasteiger partial charge is 0.493 e. The third-order valence-corrected chi connectivity index (χ3v) is 4.02. The van der Waals surface area contributed by atoms with Gasteiger partial charge in [0.25, 0.3) is 0 Å². The fraction of sp³-hybridized carbons (Fsp3) is 0.235. The van der Waals surface area contributed by atoms with Gasteiger partial charge in [-0.15, -0.1) is 0 Å². The minimum absolute atomic E-state index is 0.0501. The topological polar surface area (TPSA) is 72.6 Å². The highest BCUT2D eigenvalue weighted by molar-refractivity contribution is 5.81. The van der Waals surface area contributed by atoms with Crippen molar-refractivity contribution in [3.8, 4) is 16.9 Å². The highest BCUT2D eigenvalue weighted by Crippen LogP contribution is 2.55. The monoisotopic (exact) mass is 337 g/mol. The standard InChI is InChI=1S/C17H14F3NO3/c18-17(19,20)16(23)13-4-2-1-3-11(13)12-6-5-10(9-14(12)16)24-8-7-15(21)22/h1-6,9,23H,7-8H2,(H2,21,22). The zero-order valence-electron chi connectivity index (χ0n) is 12.4. The number of benzene rings is 2. The van der Waals surface area contributed by atoms with E-state index in [0.717, 1.165) is 6.07 Å². The molecule has 4 nitrogen and oxygen atoms in total. The molecule has 2 aromatic carbocycles. The number of carbonyl (C=O) groups is 1. The lowest BCUT2D eigenvalue weighted by Crippen LogP contribution is -2.41. The molecule has 0 aliphatic heterocycles. The van der Waals surface area contributed by atoms with E-state index in [-0.39, 0.29) is 29.9 Å². The first kappa shape index (κ1) is 16.3. The smallest absolute Gasteiger partial charge is 0.425 e. The number of rotatable bonds is 4. The highest BCUT2D eigenvalue weighted by atomic mass is 19.4. The van der Waals surface area contributed by atoms with Crippen molar-refractivity contribution in [1.29, 1.82) is 0 Å². The van der Waals surface area contributed by atoms with Gasteiger partial charge in [-0.2, -0.15) is 13.2 Å². The van der Waals surface area contributed by atoms with Gasteiger partial charge in [0.2, 0.25) is 11.5 Å². The van der Waals surface area contributed by atoms with Crippen molar-refractivity contribution >= 4 is 5.91 Å². The van der Waals surface area contributed by atoms with Gasteiger partial charge in [-0.25, -0.2) is 0 Å². The number of primary amides is 1. The first-order valence-electron chi connectivity index (χ1n) is 7.20. The number of halogens is 3. The number of ether oxygens (including phenoxy) is 1. The fourth-order valence-corrected chi connectivity index (χ4v) is 2.90. The second-order valence-corrected chi connectivity index (χ2v) is 5.53. The molecule has 0 saturated heterocycles. The van der Waals surface area contributed by atoms with Crippen LogP contribution in [-0.2, 0) is 10.4 Å². The molecule has 0 radical (unpaired) electrons. The Hall–Kier alpha value is -2.54. The minimum Gasteiger partial charge on any atom is -0.493 e. The predicted octanol–water partition coefficient (Wildman–Crippen LogP) is 2.72. The van der Waals surface area contributed by atoms with Crippen LogP contribution in [0.1, 0.15) is 17.5 Å². The number of amides is 1. The van der Waals surface area contributed by atoms with Crippen LogP contribution >= 0.6 is 0 Å². The van der Waals surface area contributed by atoms with Gasteiger partial charge in [-0.1, -0.05) is 30.3 Å². The van der Waals surface area contributed by atoms with Gasteiger partial charge in [-0.05, 0) is 23.3 Å². The van der Waals surface area contributed by atoms with Gasteiger partial charge in [0.1, 0.15) is 5.75 Å². The van der Waals surface area contributed by atoms with Gasteiger partial charge in [0.15, 0.2) is 0 Å². The Morgan fingerprint density at radius 2 is 1.79 bits per heavy atom. The zero-order valence-corrected chi connectivity index (χ0v) is 12.4. The molecule has 2 aromatic rings. The molecule has 3 N–H and O–H groups in total. The summed E-state index contributed by atoms with van der Waals surface area (Å²) < 4.78 is 46.2. The van der Waals surface area contributed by atoms with Crippen molar-refractivity contribution < 1.29 is 27.8 Å². The van der Waals surface area contributed by atoms with Gasteiger partial charge >= 0.3 is 6.18 Å². The number of nitrogens with two attached hydrogens (primary N) is 1. The van der Waals surface area contributed by atoms with Crippen LogP contribution < -0.4 is 10.5 Å². The van der Waals surface area contributed by atoms with E-state index >= 15 is 0 Å². The molecule has 0 spiro atoms. The highest BCUT2D eigenvalue weighted by Gasteiger charge is 2.60. The van der Waals surface area contributed by atoms with E-state index in [1.165, 1.54) is 30.3 Å². The van der Waals surface area contributed by atoms with Crippen LogP contribution in [0.2, 0.25) is 0 Å². The van der Waals surface area contributed by atoms with E-state index < -0.39 is 17.7 Å². The Labute approximate surface area is 135 Å². The predicted molar refractivity (Wildman–Crippen MR) is 80.2 cm³/mol. The summed E-state index contributed by atoms with van der Waals surface area (Å²) in [6, 6.07) is 9.98. The maximum absolute atomic E-state index is 13.6. The normalized spacial score (nSPS) is 18.8. The average Bonchev–Trinajstić information content (AvgIpc) is 2.78. The van der Waals surface area contributed by atoms with Crippen LogP contribution in [0, 0.1) is 0 Å². The lowest BCUT2D eigenvalue weighted by molar-refractivity contribution is -0.246. The summed E-state index contributed by atoms with van der Waals surface area (Å²) in [6.07, 6.45) is -4.94. The van der Waals surface area contributed by atoms with E-state index in [0.29, 0.717) is 11.1 Å². The molecule has 0 bridgehead atoms. The summed E-state index contributed by atoms with van der Waals surface area (Å²) in [7, 11) is 0. The van der Waals surface area contributed by atoms with Gasteiger partial charge in [0, 0.05) is 11.1 Å². The number of hydrogen-bond acceptors (Lipinski definition) is 3. The van der Waals surface area contributed by atoms with E-state index in [2.05, 4.69) is 0 Å². The van der Waals surface area contributed by atoms with E-state index in [4.69, 9.17) is 10.5 Å². The molecule has 0 saturated carbocycles. The van der Waals surface area contributed by atoms with E-state index in [1.54, 1.807) is 6.07 Å². The number of alkyl halides is 3. The van der Waals surface area contributed by atoms with Crippen LogP contribution in [0.3, 0.4) is 0 Å². The molecule has 3 rings (SSSR count). The van der Waals surface area contributed by atoms with Crippen LogP contribution in [0.5, 0.6) is 5.75 Å². The molecular weight excluding hydrogens is 323 g/mol. The molecular formula is C17H14F3NO3. The summed E-state index contributed by atoms with van der Waals surface area (Å²) in [5.74, 6) is -0.444. The molecule has 1 atom stereocenters. The van der Waals surface area contributed by atoms with Crippen LogP contribution in [0.25, 0.3) is 11.1 Å². The van der Waals surface area contributed by atoms with Crippen molar-refractivity contribution in [2.24, 2.45) is 5.73 Å². The van der Waals surface area contributed by atoms with Crippen molar-refractivity contribution in [2.45, 2.75) is 18.2 Å². The summed E-state index contributed by atoms with van der Waals surface area (Å²) in [5.41, 5.74) is 2.04. The Morgan fingerprint density at radius 3 is 2.46 bits per heavy atom. The maximum atomic E-state index is 13.6. The molecule has 0 heterocycles. The fourth-order valence-electron chi connectivity index (χ4n) is 2.90. The lowest BCUT2D eigenvalue weighted by Gasteiger charge is -2.28. The molecule has 126 valence electrons. The maximum Gasteiger partial charge on any atom is 0.425 e. The SMILES string of the molecule is NC(=O)CCOc1ccc2c(c1)C(O)(C(F)(F)F)c1ccccc1-2. The van der Waals surface area contributed by atoms with Crippen molar-refractivity contribution in [2.75, 3.05) is 6.61 Å². The number of carbonyl (C=O) groups excluding carboxylic acids is 1.